The van der Waals surface area contributed by atoms with Crippen LogP contribution in [0.25, 0.3) is 0 Å². The van der Waals surface area contributed by atoms with Gasteiger partial charge in [0.05, 0.1) is 0 Å². The van der Waals surface area contributed by atoms with E-state index in [-0.39, 0.29) is 12.5 Å². The third kappa shape index (κ3) is 2.09. The molecule has 0 spiro atoms. The van der Waals surface area contributed by atoms with Gasteiger partial charge in [0, 0.05) is 17.7 Å². The topological polar surface area (TPSA) is 21.7 Å². The summed E-state index contributed by atoms with van der Waals surface area (Å²) in [5, 5.41) is 0. The molecule has 24 heavy (non-hydrogen) atoms. The predicted molar refractivity (Wildman–Crippen MR) is 91.6 cm³/mol. The molecule has 3 nitrogen and oxygen atoms in total. The molecular formula is C21H17NO2. The van der Waals surface area contributed by atoms with Crippen molar-refractivity contribution in [2.24, 2.45) is 0 Å². The third-order valence-corrected chi connectivity index (χ3v) is 4.66. The molecule has 0 radical (unpaired) electrons. The second-order valence-electron chi connectivity index (χ2n) is 6.17. The van der Waals surface area contributed by atoms with Crippen molar-refractivity contribution in [2.75, 3.05) is 0 Å². The Bertz CT molecular complexity index is 824. The lowest BCUT2D eigenvalue weighted by Gasteiger charge is -2.46. The van der Waals surface area contributed by atoms with Crippen molar-refractivity contribution in [1.29, 1.82) is 0 Å². The average Bonchev–Trinajstić information content (AvgIpc) is 2.63. The first kappa shape index (κ1) is 13.6. The maximum atomic E-state index is 6.36. The normalized spacial score (nSPS) is 21.2. The first-order valence-corrected chi connectivity index (χ1v) is 8.21. The van der Waals surface area contributed by atoms with E-state index in [4.69, 9.17) is 9.47 Å². The van der Waals surface area contributed by atoms with Gasteiger partial charge < -0.3 is 9.47 Å². The summed E-state index contributed by atoms with van der Waals surface area (Å²) >= 11 is 0. The highest BCUT2D eigenvalue weighted by molar-refractivity contribution is 5.45. The van der Waals surface area contributed by atoms with Crippen molar-refractivity contribution in [3.63, 3.8) is 0 Å². The summed E-state index contributed by atoms with van der Waals surface area (Å²) in [5.74, 6) is 1.82. The highest BCUT2D eigenvalue weighted by Gasteiger charge is 2.43. The summed E-state index contributed by atoms with van der Waals surface area (Å²) in [5.41, 5.74) is 3.41. The van der Waals surface area contributed by atoms with Crippen molar-refractivity contribution in [3.8, 4) is 11.5 Å². The monoisotopic (exact) mass is 315 g/mol. The van der Waals surface area contributed by atoms with Gasteiger partial charge in [-0.2, -0.15) is 0 Å². The number of fused-ring (bicyclic) bond motifs is 6. The van der Waals surface area contributed by atoms with E-state index >= 15 is 0 Å². The van der Waals surface area contributed by atoms with Crippen LogP contribution in [0.3, 0.4) is 0 Å². The molecule has 2 atom stereocenters. The number of hydrogen-bond donors (Lipinski definition) is 0. The highest BCUT2D eigenvalue weighted by Crippen LogP contribution is 2.49. The van der Waals surface area contributed by atoms with Crippen molar-refractivity contribution in [3.05, 3.63) is 95.6 Å². The van der Waals surface area contributed by atoms with Gasteiger partial charge in [-0.05, 0) is 17.7 Å². The third-order valence-electron chi connectivity index (χ3n) is 4.66. The molecule has 3 aromatic carbocycles. The highest BCUT2D eigenvalue weighted by atomic mass is 16.6. The molecule has 118 valence electrons. The Morgan fingerprint density at radius 2 is 1.12 bits per heavy atom. The van der Waals surface area contributed by atoms with Crippen LogP contribution in [0.2, 0.25) is 0 Å². The summed E-state index contributed by atoms with van der Waals surface area (Å²) in [6.45, 7) is 0.777. The molecule has 0 saturated carbocycles. The first-order chi connectivity index (χ1) is 11.9. The Kier molecular flexibility index (Phi) is 3.06. The SMILES string of the molecule is c1ccc(CN2[C@@H]3Oc4ccccc4[C@H]2Oc2ccccc23)cc1. The van der Waals surface area contributed by atoms with Gasteiger partial charge in [-0.15, -0.1) is 0 Å². The zero-order valence-electron chi connectivity index (χ0n) is 13.1. The lowest BCUT2D eigenvalue weighted by molar-refractivity contribution is -0.128. The molecule has 0 amide bonds. The van der Waals surface area contributed by atoms with Crippen LogP contribution >= 0.6 is 0 Å². The maximum Gasteiger partial charge on any atom is 0.185 e. The Morgan fingerprint density at radius 3 is 1.71 bits per heavy atom. The molecule has 0 saturated heterocycles. The van der Waals surface area contributed by atoms with Gasteiger partial charge in [-0.3, -0.25) is 0 Å². The summed E-state index contributed by atoms with van der Waals surface area (Å²) in [6.07, 6.45) is -0.259. The van der Waals surface area contributed by atoms with Crippen LogP contribution in [0.1, 0.15) is 29.1 Å². The van der Waals surface area contributed by atoms with Gasteiger partial charge in [0.25, 0.3) is 0 Å². The van der Waals surface area contributed by atoms with Crippen LogP contribution in [-0.4, -0.2) is 4.90 Å². The van der Waals surface area contributed by atoms with Gasteiger partial charge >= 0.3 is 0 Å². The van der Waals surface area contributed by atoms with E-state index < -0.39 is 0 Å². The summed E-state index contributed by atoms with van der Waals surface area (Å²) in [6, 6.07) is 26.8. The van der Waals surface area contributed by atoms with Gasteiger partial charge in [-0.25, -0.2) is 4.90 Å². The Hall–Kier alpha value is -2.78. The lowest BCUT2D eigenvalue weighted by atomic mass is 10.0. The van der Waals surface area contributed by atoms with Crippen LogP contribution in [0, 0.1) is 0 Å². The first-order valence-electron chi connectivity index (χ1n) is 8.21. The molecular weight excluding hydrogens is 298 g/mol. The van der Waals surface area contributed by atoms with Gasteiger partial charge in [-0.1, -0.05) is 66.7 Å². The van der Waals surface area contributed by atoms with Crippen molar-refractivity contribution in [2.45, 2.75) is 19.0 Å². The fourth-order valence-electron chi connectivity index (χ4n) is 3.53. The molecule has 3 aromatic rings. The van der Waals surface area contributed by atoms with Crippen LogP contribution in [0.4, 0.5) is 0 Å². The molecule has 2 aliphatic rings. The fourth-order valence-corrected chi connectivity index (χ4v) is 3.53. The van der Waals surface area contributed by atoms with Crippen LogP contribution in [0.15, 0.2) is 78.9 Å². The molecule has 2 heterocycles. The number of ether oxygens (including phenoxy) is 2. The minimum Gasteiger partial charge on any atom is -0.470 e. The zero-order valence-corrected chi connectivity index (χ0v) is 13.1. The second-order valence-corrected chi connectivity index (χ2v) is 6.17. The molecule has 5 rings (SSSR count). The van der Waals surface area contributed by atoms with Crippen LogP contribution in [0.5, 0.6) is 11.5 Å². The Labute approximate surface area is 141 Å². The van der Waals surface area contributed by atoms with Crippen molar-refractivity contribution >= 4 is 0 Å². The Balaban J connectivity index is 1.62. The molecule has 0 fully saturated rings. The maximum absolute atomic E-state index is 6.36. The van der Waals surface area contributed by atoms with E-state index in [1.54, 1.807) is 0 Å². The van der Waals surface area contributed by atoms with E-state index in [9.17, 15) is 0 Å². The number of para-hydroxylation sites is 2. The lowest BCUT2D eigenvalue weighted by Crippen LogP contribution is -2.44. The van der Waals surface area contributed by atoms with Crippen LogP contribution in [-0.2, 0) is 6.54 Å². The minimum absolute atomic E-state index is 0.130. The van der Waals surface area contributed by atoms with E-state index in [2.05, 4.69) is 41.3 Å². The van der Waals surface area contributed by atoms with Crippen molar-refractivity contribution < 1.29 is 9.47 Å². The van der Waals surface area contributed by atoms with Gasteiger partial charge in [0.15, 0.2) is 12.5 Å². The average molecular weight is 315 g/mol. The van der Waals surface area contributed by atoms with E-state index in [0.29, 0.717) is 0 Å². The summed E-state index contributed by atoms with van der Waals surface area (Å²) in [7, 11) is 0. The smallest absolute Gasteiger partial charge is 0.185 e. The van der Waals surface area contributed by atoms with E-state index in [1.165, 1.54) is 5.56 Å². The molecule has 2 aliphatic heterocycles. The summed E-state index contributed by atoms with van der Waals surface area (Å²) in [4.78, 5) is 2.28. The van der Waals surface area contributed by atoms with Crippen LogP contribution < -0.4 is 9.47 Å². The number of benzene rings is 3. The van der Waals surface area contributed by atoms with E-state index in [1.807, 2.05) is 42.5 Å². The Morgan fingerprint density at radius 1 is 0.625 bits per heavy atom. The molecule has 0 N–H and O–H groups in total. The quantitative estimate of drug-likeness (QED) is 0.686. The summed E-state index contributed by atoms with van der Waals surface area (Å²) < 4.78 is 12.7. The number of rotatable bonds is 2. The van der Waals surface area contributed by atoms with E-state index in [0.717, 1.165) is 29.2 Å². The molecule has 0 aliphatic carbocycles. The van der Waals surface area contributed by atoms with Gasteiger partial charge in [0.2, 0.25) is 0 Å². The molecule has 3 heteroatoms. The zero-order chi connectivity index (χ0) is 15.9. The van der Waals surface area contributed by atoms with Crippen molar-refractivity contribution in [1.82, 2.24) is 4.90 Å². The number of hydrogen-bond acceptors (Lipinski definition) is 3. The fraction of sp³-hybridized carbons (Fsp3) is 0.143. The predicted octanol–water partition coefficient (Wildman–Crippen LogP) is 4.67. The largest absolute Gasteiger partial charge is 0.470 e. The molecule has 0 aromatic heterocycles. The molecule has 2 bridgehead atoms. The molecule has 0 unspecified atom stereocenters. The standard InChI is InChI=1S/C21H17NO2/c1-2-8-15(9-3-1)14-22-20-16-10-4-6-12-18(16)23-21(22)17-11-5-7-13-19(17)24-20/h1-13,20-21H,14H2/t20-,21-/m1/s1. The second kappa shape index (κ2) is 5.39. The number of nitrogens with zero attached hydrogens (tertiary/aromatic N) is 1. The minimum atomic E-state index is -0.130. The van der Waals surface area contributed by atoms with Gasteiger partial charge in [0.1, 0.15) is 11.5 Å².